The van der Waals surface area contributed by atoms with Crippen LogP contribution >= 0.6 is 11.6 Å². The monoisotopic (exact) mass is 279 g/mol. The summed E-state index contributed by atoms with van der Waals surface area (Å²) in [5.41, 5.74) is 8.42. The van der Waals surface area contributed by atoms with Crippen LogP contribution in [0.25, 0.3) is 0 Å². The number of hydrogen-bond acceptors (Lipinski definition) is 2. The van der Waals surface area contributed by atoms with Crippen molar-refractivity contribution in [1.82, 2.24) is 0 Å². The third kappa shape index (κ3) is 3.06. The molecule has 0 saturated carbocycles. The number of nitrogens with two attached hydrogens (primary N) is 1. The maximum Gasteiger partial charge on any atom is 0.123 e. The average molecular weight is 280 g/mol. The van der Waals surface area contributed by atoms with Crippen molar-refractivity contribution < 1.29 is 9.13 Å². The molecule has 0 aliphatic carbocycles. The second kappa shape index (κ2) is 5.59. The van der Waals surface area contributed by atoms with Crippen LogP contribution in [-0.4, -0.2) is 7.11 Å². The van der Waals surface area contributed by atoms with Crippen LogP contribution in [0.1, 0.15) is 22.7 Å². The van der Waals surface area contributed by atoms with Gasteiger partial charge in [-0.1, -0.05) is 23.7 Å². The lowest BCUT2D eigenvalue weighted by Gasteiger charge is -2.15. The minimum absolute atomic E-state index is 0.296. The Kier molecular flexibility index (Phi) is 4.08. The minimum atomic E-state index is -0.465. The van der Waals surface area contributed by atoms with E-state index in [-0.39, 0.29) is 5.82 Å². The molecule has 1 unspecified atom stereocenters. The molecule has 19 heavy (non-hydrogen) atoms. The van der Waals surface area contributed by atoms with Crippen LogP contribution in [0, 0.1) is 12.7 Å². The topological polar surface area (TPSA) is 35.2 Å². The normalized spacial score (nSPS) is 12.3. The van der Waals surface area contributed by atoms with Crippen molar-refractivity contribution in [2.24, 2.45) is 5.73 Å². The van der Waals surface area contributed by atoms with E-state index in [1.165, 1.54) is 12.1 Å². The van der Waals surface area contributed by atoms with Gasteiger partial charge in [-0.3, -0.25) is 0 Å². The van der Waals surface area contributed by atoms with Crippen LogP contribution in [-0.2, 0) is 0 Å². The van der Waals surface area contributed by atoms with Gasteiger partial charge in [0, 0.05) is 5.02 Å². The number of benzene rings is 2. The molecule has 0 bridgehead atoms. The highest BCUT2D eigenvalue weighted by molar-refractivity contribution is 6.31. The van der Waals surface area contributed by atoms with Gasteiger partial charge in [-0.2, -0.15) is 0 Å². The van der Waals surface area contributed by atoms with E-state index in [4.69, 9.17) is 22.1 Å². The number of methoxy groups -OCH3 is 1. The summed E-state index contributed by atoms with van der Waals surface area (Å²) in [6.45, 7) is 1.83. The maximum absolute atomic E-state index is 13.4. The molecule has 2 rings (SSSR count). The quantitative estimate of drug-likeness (QED) is 0.926. The lowest BCUT2D eigenvalue weighted by Crippen LogP contribution is -2.13. The van der Waals surface area contributed by atoms with Crippen molar-refractivity contribution in [2.75, 3.05) is 7.11 Å². The van der Waals surface area contributed by atoms with E-state index in [1.54, 1.807) is 25.3 Å². The lowest BCUT2D eigenvalue weighted by molar-refractivity contribution is 0.414. The van der Waals surface area contributed by atoms with Crippen LogP contribution in [0.2, 0.25) is 5.02 Å². The zero-order valence-corrected chi connectivity index (χ0v) is 11.5. The highest BCUT2D eigenvalue weighted by atomic mass is 35.5. The van der Waals surface area contributed by atoms with Crippen molar-refractivity contribution in [1.29, 1.82) is 0 Å². The number of ether oxygens (including phenoxy) is 1. The summed E-state index contributed by atoms with van der Waals surface area (Å²) in [6.07, 6.45) is 0. The first kappa shape index (κ1) is 13.8. The SMILES string of the molecule is COc1ccc(C(N)c2cc(C)cc(F)c2)c(Cl)c1. The Labute approximate surface area is 117 Å². The third-order valence-corrected chi connectivity index (χ3v) is 3.29. The van der Waals surface area contributed by atoms with Gasteiger partial charge < -0.3 is 10.5 Å². The van der Waals surface area contributed by atoms with Gasteiger partial charge in [-0.25, -0.2) is 4.39 Å². The van der Waals surface area contributed by atoms with Crippen molar-refractivity contribution in [2.45, 2.75) is 13.0 Å². The van der Waals surface area contributed by atoms with E-state index < -0.39 is 6.04 Å². The van der Waals surface area contributed by atoms with Crippen molar-refractivity contribution in [3.05, 3.63) is 63.9 Å². The summed E-state index contributed by atoms with van der Waals surface area (Å²) < 4.78 is 18.5. The molecule has 0 aliphatic rings. The van der Waals surface area contributed by atoms with E-state index in [0.717, 1.165) is 11.1 Å². The van der Waals surface area contributed by atoms with E-state index in [2.05, 4.69) is 0 Å². The average Bonchev–Trinajstić information content (AvgIpc) is 2.36. The minimum Gasteiger partial charge on any atom is -0.497 e. The highest BCUT2D eigenvalue weighted by Crippen LogP contribution is 2.30. The second-order valence-electron chi connectivity index (χ2n) is 4.43. The van der Waals surface area contributed by atoms with Crippen molar-refractivity contribution >= 4 is 11.6 Å². The summed E-state index contributed by atoms with van der Waals surface area (Å²) in [4.78, 5) is 0. The van der Waals surface area contributed by atoms with Crippen LogP contribution < -0.4 is 10.5 Å². The Morgan fingerprint density at radius 3 is 2.53 bits per heavy atom. The van der Waals surface area contributed by atoms with Crippen LogP contribution in [0.15, 0.2) is 36.4 Å². The van der Waals surface area contributed by atoms with Gasteiger partial charge in [-0.15, -0.1) is 0 Å². The molecule has 1 atom stereocenters. The summed E-state index contributed by atoms with van der Waals surface area (Å²) in [5.74, 6) is 0.367. The molecule has 0 heterocycles. The van der Waals surface area contributed by atoms with E-state index in [0.29, 0.717) is 16.3 Å². The molecule has 0 saturated heterocycles. The number of hydrogen-bond donors (Lipinski definition) is 1. The number of halogens is 2. The molecule has 4 heteroatoms. The van der Waals surface area contributed by atoms with E-state index in [1.807, 2.05) is 13.0 Å². The predicted molar refractivity (Wildman–Crippen MR) is 75.2 cm³/mol. The van der Waals surface area contributed by atoms with Gasteiger partial charge in [0.1, 0.15) is 11.6 Å². The molecular weight excluding hydrogens is 265 g/mol. The fourth-order valence-electron chi connectivity index (χ4n) is 2.01. The largest absolute Gasteiger partial charge is 0.497 e. The predicted octanol–water partition coefficient (Wildman–Crippen LogP) is 3.84. The van der Waals surface area contributed by atoms with Crippen molar-refractivity contribution in [3.8, 4) is 5.75 Å². The van der Waals surface area contributed by atoms with Gasteiger partial charge in [-0.05, 0) is 47.9 Å². The molecule has 2 nitrogen and oxygen atoms in total. The number of rotatable bonds is 3. The first-order valence-electron chi connectivity index (χ1n) is 5.87. The highest BCUT2D eigenvalue weighted by Gasteiger charge is 2.14. The first-order valence-corrected chi connectivity index (χ1v) is 6.25. The molecule has 2 N–H and O–H groups in total. The molecular formula is C15H15ClFNO. The fourth-order valence-corrected chi connectivity index (χ4v) is 2.30. The number of aryl methyl sites for hydroxylation is 1. The zero-order chi connectivity index (χ0) is 14.0. The van der Waals surface area contributed by atoms with Gasteiger partial charge in [0.05, 0.1) is 13.2 Å². The molecule has 0 radical (unpaired) electrons. The van der Waals surface area contributed by atoms with Gasteiger partial charge in [0.25, 0.3) is 0 Å². The van der Waals surface area contributed by atoms with Crippen molar-refractivity contribution in [3.63, 3.8) is 0 Å². The summed E-state index contributed by atoms with van der Waals surface area (Å²) >= 11 is 6.18. The van der Waals surface area contributed by atoms with Crippen LogP contribution in [0.5, 0.6) is 5.75 Å². The first-order chi connectivity index (χ1) is 9.01. The van der Waals surface area contributed by atoms with Gasteiger partial charge in [0.15, 0.2) is 0 Å². The Morgan fingerprint density at radius 2 is 1.95 bits per heavy atom. The Morgan fingerprint density at radius 1 is 1.21 bits per heavy atom. The molecule has 0 aliphatic heterocycles. The zero-order valence-electron chi connectivity index (χ0n) is 10.8. The Balaban J connectivity index is 2.40. The van der Waals surface area contributed by atoms with Crippen LogP contribution in [0.4, 0.5) is 4.39 Å². The van der Waals surface area contributed by atoms with E-state index in [9.17, 15) is 4.39 Å². The standard InChI is InChI=1S/C15H15ClFNO/c1-9-5-10(7-11(17)6-9)15(18)13-4-3-12(19-2)8-14(13)16/h3-8,15H,18H2,1-2H3. The summed E-state index contributed by atoms with van der Waals surface area (Å²) in [5, 5.41) is 0.508. The summed E-state index contributed by atoms with van der Waals surface area (Å²) in [7, 11) is 1.57. The molecule has 0 spiro atoms. The maximum atomic E-state index is 13.4. The molecule has 0 aromatic heterocycles. The van der Waals surface area contributed by atoms with E-state index >= 15 is 0 Å². The summed E-state index contributed by atoms with van der Waals surface area (Å²) in [6, 6.07) is 9.56. The Bertz CT molecular complexity index is 580. The molecule has 100 valence electrons. The Hall–Kier alpha value is -1.58. The van der Waals surface area contributed by atoms with Gasteiger partial charge in [0.2, 0.25) is 0 Å². The van der Waals surface area contributed by atoms with Gasteiger partial charge >= 0.3 is 0 Å². The molecule has 0 fully saturated rings. The molecule has 2 aromatic carbocycles. The van der Waals surface area contributed by atoms with Crippen LogP contribution in [0.3, 0.4) is 0 Å². The smallest absolute Gasteiger partial charge is 0.123 e. The fraction of sp³-hybridized carbons (Fsp3) is 0.200. The third-order valence-electron chi connectivity index (χ3n) is 2.97. The molecule has 0 amide bonds. The molecule has 2 aromatic rings. The second-order valence-corrected chi connectivity index (χ2v) is 4.83. The lowest BCUT2D eigenvalue weighted by atomic mass is 9.98.